The molecule has 1 atom stereocenters. The van der Waals surface area contributed by atoms with E-state index in [4.69, 9.17) is 11.6 Å². The Morgan fingerprint density at radius 1 is 1.35 bits per heavy atom. The van der Waals surface area contributed by atoms with Gasteiger partial charge in [0.1, 0.15) is 11.9 Å². The second kappa shape index (κ2) is 6.70. The van der Waals surface area contributed by atoms with Gasteiger partial charge in [-0.15, -0.1) is 0 Å². The van der Waals surface area contributed by atoms with Crippen molar-refractivity contribution in [3.63, 3.8) is 0 Å². The standard InChI is InChI=1S/C14H18ClN3O2/c1-9(17-14(20)10-4-2-3-5-10)13(19)18-12-7-6-11(15)8-16-12/h6-10H,2-5H2,1H3,(H,17,20)(H,16,18,19). The van der Waals surface area contributed by atoms with Crippen molar-refractivity contribution in [1.29, 1.82) is 0 Å². The van der Waals surface area contributed by atoms with Gasteiger partial charge in [-0.05, 0) is 31.9 Å². The fourth-order valence-corrected chi connectivity index (χ4v) is 2.38. The Hall–Kier alpha value is -1.62. The average Bonchev–Trinajstić information content (AvgIpc) is 2.95. The molecule has 1 fully saturated rings. The molecule has 1 aromatic heterocycles. The first kappa shape index (κ1) is 14.8. The molecule has 0 radical (unpaired) electrons. The number of nitrogens with one attached hydrogen (secondary N) is 2. The van der Waals surface area contributed by atoms with Crippen molar-refractivity contribution in [3.05, 3.63) is 23.4 Å². The molecule has 1 aliphatic carbocycles. The van der Waals surface area contributed by atoms with Crippen LogP contribution in [0.15, 0.2) is 18.3 Å². The third-order valence-electron chi connectivity index (χ3n) is 3.46. The molecule has 6 heteroatoms. The monoisotopic (exact) mass is 295 g/mol. The van der Waals surface area contributed by atoms with Crippen molar-refractivity contribution < 1.29 is 9.59 Å². The lowest BCUT2D eigenvalue weighted by molar-refractivity contribution is -0.128. The maximum Gasteiger partial charge on any atom is 0.247 e. The second-order valence-electron chi connectivity index (χ2n) is 5.06. The van der Waals surface area contributed by atoms with E-state index in [9.17, 15) is 9.59 Å². The molecule has 5 nitrogen and oxygen atoms in total. The quantitative estimate of drug-likeness (QED) is 0.896. The fraction of sp³-hybridized carbons (Fsp3) is 0.500. The van der Waals surface area contributed by atoms with Gasteiger partial charge in [0.2, 0.25) is 11.8 Å². The van der Waals surface area contributed by atoms with Crippen LogP contribution in [-0.4, -0.2) is 22.8 Å². The summed E-state index contributed by atoms with van der Waals surface area (Å²) in [5.41, 5.74) is 0. The normalized spacial score (nSPS) is 16.7. The van der Waals surface area contributed by atoms with Crippen molar-refractivity contribution in [1.82, 2.24) is 10.3 Å². The predicted molar refractivity (Wildman–Crippen MR) is 77.4 cm³/mol. The summed E-state index contributed by atoms with van der Waals surface area (Å²) in [5, 5.41) is 5.90. The van der Waals surface area contributed by atoms with E-state index in [1.54, 1.807) is 19.1 Å². The topological polar surface area (TPSA) is 71.1 Å². The van der Waals surface area contributed by atoms with Crippen molar-refractivity contribution >= 4 is 29.2 Å². The molecule has 1 aromatic rings. The zero-order chi connectivity index (χ0) is 14.5. The lowest BCUT2D eigenvalue weighted by Gasteiger charge is -2.16. The zero-order valence-corrected chi connectivity index (χ0v) is 12.1. The zero-order valence-electron chi connectivity index (χ0n) is 11.4. The molecule has 1 heterocycles. The highest BCUT2D eigenvalue weighted by Gasteiger charge is 2.25. The van der Waals surface area contributed by atoms with Gasteiger partial charge in [0.25, 0.3) is 0 Å². The van der Waals surface area contributed by atoms with Gasteiger partial charge < -0.3 is 10.6 Å². The summed E-state index contributed by atoms with van der Waals surface area (Å²) in [7, 11) is 0. The van der Waals surface area contributed by atoms with Gasteiger partial charge >= 0.3 is 0 Å². The van der Waals surface area contributed by atoms with Crippen molar-refractivity contribution in [3.8, 4) is 0 Å². The number of carbonyl (C=O) groups is 2. The van der Waals surface area contributed by atoms with Gasteiger partial charge in [0.15, 0.2) is 0 Å². The van der Waals surface area contributed by atoms with Crippen LogP contribution in [0.3, 0.4) is 0 Å². The Labute approximate surface area is 123 Å². The minimum atomic E-state index is -0.583. The van der Waals surface area contributed by atoms with Crippen LogP contribution in [-0.2, 0) is 9.59 Å². The van der Waals surface area contributed by atoms with Crippen LogP contribution in [0, 0.1) is 5.92 Å². The number of halogens is 1. The van der Waals surface area contributed by atoms with Crippen LogP contribution >= 0.6 is 11.6 Å². The summed E-state index contributed by atoms with van der Waals surface area (Å²) in [6, 6.07) is 2.68. The van der Waals surface area contributed by atoms with Gasteiger partial charge in [-0.2, -0.15) is 0 Å². The van der Waals surface area contributed by atoms with E-state index in [0.717, 1.165) is 25.7 Å². The van der Waals surface area contributed by atoms with Crippen LogP contribution in [0.25, 0.3) is 0 Å². The number of aromatic nitrogens is 1. The molecule has 0 aromatic carbocycles. The summed E-state index contributed by atoms with van der Waals surface area (Å²) in [6.07, 6.45) is 5.47. The lowest BCUT2D eigenvalue weighted by atomic mass is 10.1. The molecule has 0 bridgehead atoms. The van der Waals surface area contributed by atoms with Crippen molar-refractivity contribution in [2.45, 2.75) is 38.6 Å². The molecular formula is C14H18ClN3O2. The van der Waals surface area contributed by atoms with Gasteiger partial charge in [0, 0.05) is 12.1 Å². The van der Waals surface area contributed by atoms with E-state index >= 15 is 0 Å². The van der Waals surface area contributed by atoms with E-state index in [1.165, 1.54) is 6.20 Å². The fourth-order valence-electron chi connectivity index (χ4n) is 2.27. The number of hydrogen-bond donors (Lipinski definition) is 2. The number of carbonyl (C=O) groups excluding carboxylic acids is 2. The maximum atomic E-state index is 11.9. The van der Waals surface area contributed by atoms with E-state index < -0.39 is 6.04 Å². The summed E-state index contributed by atoms with van der Waals surface area (Å²) < 4.78 is 0. The Balaban J connectivity index is 1.85. The van der Waals surface area contributed by atoms with Gasteiger partial charge in [-0.1, -0.05) is 24.4 Å². The molecule has 2 rings (SSSR count). The lowest BCUT2D eigenvalue weighted by Crippen LogP contribution is -2.43. The van der Waals surface area contributed by atoms with Crippen LogP contribution < -0.4 is 10.6 Å². The first-order valence-corrected chi connectivity index (χ1v) is 7.17. The van der Waals surface area contributed by atoms with Gasteiger partial charge in [-0.3, -0.25) is 9.59 Å². The highest BCUT2D eigenvalue weighted by atomic mass is 35.5. The second-order valence-corrected chi connectivity index (χ2v) is 5.50. The summed E-state index contributed by atoms with van der Waals surface area (Å²) >= 11 is 5.72. The van der Waals surface area contributed by atoms with Crippen LogP contribution in [0.2, 0.25) is 5.02 Å². The molecule has 0 saturated heterocycles. The van der Waals surface area contributed by atoms with Crippen LogP contribution in [0.4, 0.5) is 5.82 Å². The number of pyridine rings is 1. The third kappa shape index (κ3) is 3.93. The molecule has 108 valence electrons. The summed E-state index contributed by atoms with van der Waals surface area (Å²) in [4.78, 5) is 27.9. The first-order chi connectivity index (χ1) is 9.56. The van der Waals surface area contributed by atoms with Crippen molar-refractivity contribution in [2.24, 2.45) is 5.92 Å². The van der Waals surface area contributed by atoms with Crippen LogP contribution in [0.5, 0.6) is 0 Å². The number of anilines is 1. The van der Waals surface area contributed by atoms with Crippen LogP contribution in [0.1, 0.15) is 32.6 Å². The Bertz CT molecular complexity index is 484. The van der Waals surface area contributed by atoms with E-state index in [-0.39, 0.29) is 17.7 Å². The summed E-state index contributed by atoms with van der Waals surface area (Å²) in [5.74, 6) is 0.153. The number of amides is 2. The van der Waals surface area contributed by atoms with Gasteiger partial charge in [0.05, 0.1) is 5.02 Å². The predicted octanol–water partition coefficient (Wildman–Crippen LogP) is 2.37. The Morgan fingerprint density at radius 2 is 2.05 bits per heavy atom. The van der Waals surface area contributed by atoms with E-state index in [0.29, 0.717) is 10.8 Å². The minimum absolute atomic E-state index is 0.0331. The smallest absolute Gasteiger partial charge is 0.247 e. The third-order valence-corrected chi connectivity index (χ3v) is 3.68. The van der Waals surface area contributed by atoms with E-state index in [2.05, 4.69) is 15.6 Å². The maximum absolute atomic E-state index is 11.9. The molecule has 1 aliphatic rings. The molecule has 2 amide bonds. The molecule has 2 N–H and O–H groups in total. The average molecular weight is 296 g/mol. The molecule has 1 unspecified atom stereocenters. The Morgan fingerprint density at radius 3 is 2.65 bits per heavy atom. The minimum Gasteiger partial charge on any atom is -0.344 e. The SMILES string of the molecule is CC(NC(=O)C1CCCC1)C(=O)Nc1ccc(Cl)cn1. The molecule has 1 saturated carbocycles. The number of hydrogen-bond acceptors (Lipinski definition) is 3. The molecule has 20 heavy (non-hydrogen) atoms. The molecule has 0 aliphatic heterocycles. The first-order valence-electron chi connectivity index (χ1n) is 6.79. The highest BCUT2D eigenvalue weighted by Crippen LogP contribution is 2.24. The number of rotatable bonds is 4. The molecule has 0 spiro atoms. The highest BCUT2D eigenvalue weighted by molar-refractivity contribution is 6.30. The number of nitrogens with zero attached hydrogens (tertiary/aromatic N) is 1. The molecular weight excluding hydrogens is 278 g/mol. The Kier molecular flexibility index (Phi) is 4.95. The van der Waals surface area contributed by atoms with Gasteiger partial charge in [-0.25, -0.2) is 4.98 Å². The largest absolute Gasteiger partial charge is 0.344 e. The van der Waals surface area contributed by atoms with Crippen molar-refractivity contribution in [2.75, 3.05) is 5.32 Å². The van der Waals surface area contributed by atoms with E-state index in [1.807, 2.05) is 0 Å². The summed E-state index contributed by atoms with van der Waals surface area (Å²) in [6.45, 7) is 1.66.